The minimum atomic E-state index is 0.894. The molecule has 0 aliphatic heterocycles. The fraction of sp³-hybridized carbons (Fsp3) is 0.167. The Balaban J connectivity index is 1.70. The molecule has 0 aromatic heterocycles. The van der Waals surface area contributed by atoms with Gasteiger partial charge in [0.2, 0.25) is 0 Å². The summed E-state index contributed by atoms with van der Waals surface area (Å²) in [5.74, 6) is 0. The van der Waals surface area contributed by atoms with Crippen LogP contribution < -0.4 is 4.90 Å². The average molecular weight is 342 g/mol. The molecule has 0 aliphatic carbocycles. The molecular weight excluding hydrogens is 316 g/mol. The molecule has 0 radical (unpaired) electrons. The van der Waals surface area contributed by atoms with Crippen molar-refractivity contribution >= 4 is 11.8 Å². The predicted octanol–water partition coefficient (Wildman–Crippen LogP) is 5.43. The predicted molar refractivity (Wildman–Crippen MR) is 112 cm³/mol. The standard InChI is InChI=1S/C24H26N2/c1-25(19-21-11-5-3-6-12-21)18-17-23-15-9-10-16-24(23)26(2)20-22-13-7-4-8-14-22/h3-18H,19-20H2,1-2H3. The van der Waals surface area contributed by atoms with E-state index in [1.165, 1.54) is 22.4 Å². The number of para-hydroxylation sites is 1. The molecule has 3 aromatic carbocycles. The topological polar surface area (TPSA) is 6.48 Å². The quantitative estimate of drug-likeness (QED) is 0.565. The van der Waals surface area contributed by atoms with Crippen LogP contribution in [0.1, 0.15) is 16.7 Å². The highest BCUT2D eigenvalue weighted by atomic mass is 15.1. The molecule has 3 aromatic rings. The first-order valence-electron chi connectivity index (χ1n) is 8.99. The van der Waals surface area contributed by atoms with E-state index in [-0.39, 0.29) is 0 Å². The molecule has 0 amide bonds. The highest BCUT2D eigenvalue weighted by Crippen LogP contribution is 2.22. The first-order valence-corrected chi connectivity index (χ1v) is 8.99. The van der Waals surface area contributed by atoms with Crippen molar-refractivity contribution in [2.75, 3.05) is 19.0 Å². The van der Waals surface area contributed by atoms with Gasteiger partial charge in [-0.05, 0) is 35.0 Å². The summed E-state index contributed by atoms with van der Waals surface area (Å²) in [6.07, 6.45) is 4.35. The van der Waals surface area contributed by atoms with Crippen LogP contribution in [0.2, 0.25) is 0 Å². The Morgan fingerprint density at radius 3 is 1.85 bits per heavy atom. The van der Waals surface area contributed by atoms with Crippen LogP contribution in [0.4, 0.5) is 5.69 Å². The van der Waals surface area contributed by atoms with Gasteiger partial charge in [-0.15, -0.1) is 0 Å². The summed E-state index contributed by atoms with van der Waals surface area (Å²) in [5, 5.41) is 0. The number of benzene rings is 3. The minimum Gasteiger partial charge on any atom is -0.376 e. The Hall–Kier alpha value is -3.00. The van der Waals surface area contributed by atoms with Crippen molar-refractivity contribution in [3.8, 4) is 0 Å². The van der Waals surface area contributed by atoms with E-state index in [9.17, 15) is 0 Å². The van der Waals surface area contributed by atoms with Crippen LogP contribution in [0.5, 0.6) is 0 Å². The zero-order chi connectivity index (χ0) is 18.2. The van der Waals surface area contributed by atoms with Gasteiger partial charge >= 0.3 is 0 Å². The molecule has 3 rings (SSSR count). The molecule has 132 valence electrons. The van der Waals surface area contributed by atoms with Crippen molar-refractivity contribution in [2.24, 2.45) is 0 Å². The van der Waals surface area contributed by atoms with Gasteiger partial charge in [-0.1, -0.05) is 78.9 Å². The maximum absolute atomic E-state index is 2.30. The molecule has 0 spiro atoms. The molecule has 0 atom stereocenters. The van der Waals surface area contributed by atoms with E-state index in [4.69, 9.17) is 0 Å². The van der Waals surface area contributed by atoms with Crippen molar-refractivity contribution in [2.45, 2.75) is 13.1 Å². The van der Waals surface area contributed by atoms with Gasteiger partial charge in [0.05, 0.1) is 0 Å². The van der Waals surface area contributed by atoms with Crippen molar-refractivity contribution in [1.29, 1.82) is 0 Å². The summed E-state index contributed by atoms with van der Waals surface area (Å²) < 4.78 is 0. The normalized spacial score (nSPS) is 10.8. The zero-order valence-electron chi connectivity index (χ0n) is 15.5. The van der Waals surface area contributed by atoms with Gasteiger partial charge in [0.15, 0.2) is 0 Å². The highest BCUT2D eigenvalue weighted by molar-refractivity contribution is 5.67. The minimum absolute atomic E-state index is 0.894. The van der Waals surface area contributed by atoms with Crippen LogP contribution in [0.25, 0.3) is 6.08 Å². The van der Waals surface area contributed by atoms with E-state index in [1.807, 2.05) is 0 Å². The zero-order valence-corrected chi connectivity index (χ0v) is 15.5. The number of anilines is 1. The summed E-state index contributed by atoms with van der Waals surface area (Å²) in [6.45, 7) is 1.80. The Bertz CT molecular complexity index is 825. The van der Waals surface area contributed by atoms with E-state index >= 15 is 0 Å². The average Bonchev–Trinajstić information content (AvgIpc) is 2.68. The smallest absolute Gasteiger partial charge is 0.0440 e. The van der Waals surface area contributed by atoms with Crippen molar-refractivity contribution in [3.05, 3.63) is 108 Å². The first kappa shape index (κ1) is 17.8. The van der Waals surface area contributed by atoms with Crippen LogP contribution in [0, 0.1) is 0 Å². The van der Waals surface area contributed by atoms with Gasteiger partial charge in [0.25, 0.3) is 0 Å². The molecule has 0 saturated carbocycles. The molecule has 0 heterocycles. The molecule has 2 heteroatoms. The Kier molecular flexibility index (Phi) is 6.10. The van der Waals surface area contributed by atoms with Gasteiger partial charge in [-0.25, -0.2) is 0 Å². The summed E-state index contributed by atoms with van der Waals surface area (Å²) in [7, 11) is 4.26. The highest BCUT2D eigenvalue weighted by Gasteiger charge is 2.06. The molecule has 0 bridgehead atoms. The third-order valence-corrected chi connectivity index (χ3v) is 4.39. The summed E-state index contributed by atoms with van der Waals surface area (Å²) in [5.41, 5.74) is 5.09. The summed E-state index contributed by atoms with van der Waals surface area (Å²) in [4.78, 5) is 4.51. The SMILES string of the molecule is CN(C=Cc1ccccc1N(C)Cc1ccccc1)Cc1ccccc1. The molecule has 0 aliphatic rings. The van der Waals surface area contributed by atoms with Gasteiger partial charge < -0.3 is 9.80 Å². The fourth-order valence-corrected chi connectivity index (χ4v) is 3.05. The van der Waals surface area contributed by atoms with Crippen LogP contribution in [-0.2, 0) is 13.1 Å². The van der Waals surface area contributed by atoms with Crippen LogP contribution in [-0.4, -0.2) is 19.0 Å². The number of rotatable bonds is 7. The van der Waals surface area contributed by atoms with Crippen molar-refractivity contribution in [3.63, 3.8) is 0 Å². The van der Waals surface area contributed by atoms with E-state index in [1.54, 1.807) is 0 Å². The number of hydrogen-bond acceptors (Lipinski definition) is 2. The fourth-order valence-electron chi connectivity index (χ4n) is 3.05. The number of hydrogen-bond donors (Lipinski definition) is 0. The van der Waals surface area contributed by atoms with Gasteiger partial charge in [0, 0.05) is 32.9 Å². The van der Waals surface area contributed by atoms with E-state index < -0.39 is 0 Å². The lowest BCUT2D eigenvalue weighted by Crippen LogP contribution is -2.17. The second-order valence-electron chi connectivity index (χ2n) is 6.62. The maximum Gasteiger partial charge on any atom is 0.0440 e. The van der Waals surface area contributed by atoms with E-state index in [0.717, 1.165) is 13.1 Å². The summed E-state index contributed by atoms with van der Waals surface area (Å²) in [6, 6.07) is 29.7. The Labute approximate surface area is 157 Å². The van der Waals surface area contributed by atoms with Gasteiger partial charge in [-0.2, -0.15) is 0 Å². The summed E-state index contributed by atoms with van der Waals surface area (Å²) >= 11 is 0. The Morgan fingerprint density at radius 2 is 1.19 bits per heavy atom. The second kappa shape index (κ2) is 8.91. The molecule has 0 unspecified atom stereocenters. The lowest BCUT2D eigenvalue weighted by Gasteiger charge is -2.22. The van der Waals surface area contributed by atoms with E-state index in [0.29, 0.717) is 0 Å². The lowest BCUT2D eigenvalue weighted by atomic mass is 10.1. The van der Waals surface area contributed by atoms with Crippen molar-refractivity contribution in [1.82, 2.24) is 4.90 Å². The number of nitrogens with zero attached hydrogens (tertiary/aromatic N) is 2. The molecule has 0 fully saturated rings. The van der Waals surface area contributed by atoms with Crippen LogP contribution in [0.3, 0.4) is 0 Å². The molecule has 0 N–H and O–H groups in total. The molecule has 26 heavy (non-hydrogen) atoms. The maximum atomic E-state index is 2.30. The molecule has 0 saturated heterocycles. The largest absolute Gasteiger partial charge is 0.376 e. The lowest BCUT2D eigenvalue weighted by molar-refractivity contribution is 0.453. The molecule has 2 nitrogen and oxygen atoms in total. The van der Waals surface area contributed by atoms with Gasteiger partial charge in [0.1, 0.15) is 0 Å². The molecular formula is C24H26N2. The van der Waals surface area contributed by atoms with E-state index in [2.05, 4.69) is 121 Å². The monoisotopic (exact) mass is 342 g/mol. The van der Waals surface area contributed by atoms with Crippen LogP contribution in [0.15, 0.2) is 91.1 Å². The van der Waals surface area contributed by atoms with Crippen molar-refractivity contribution < 1.29 is 0 Å². The van der Waals surface area contributed by atoms with Crippen LogP contribution >= 0.6 is 0 Å². The van der Waals surface area contributed by atoms with Gasteiger partial charge in [-0.3, -0.25) is 0 Å². The Morgan fingerprint density at radius 1 is 0.654 bits per heavy atom. The second-order valence-corrected chi connectivity index (χ2v) is 6.62. The third kappa shape index (κ3) is 5.00. The first-order chi connectivity index (χ1) is 12.7. The third-order valence-electron chi connectivity index (χ3n) is 4.39.